The molecule has 9 nitrogen and oxygen atoms in total. The first-order valence-corrected chi connectivity index (χ1v) is 11.6. The second-order valence-corrected chi connectivity index (χ2v) is 8.61. The smallest absolute Gasteiger partial charge is 0.230 e. The standard InChI is InChI=1S/C22H22FN7O2S/c23-16-8-6-15(7-9-16)21-27-28-22(30(21)13-17-4-3-11-32-17)33-14-20(31)24-12-19-26-25-18-5-1-2-10-29(18)19/h1-2,5-10,17H,3-4,11-14H2,(H,24,31). The summed E-state index contributed by atoms with van der Waals surface area (Å²) in [5.41, 5.74) is 1.49. The Morgan fingerprint density at radius 3 is 2.85 bits per heavy atom. The fraction of sp³-hybridized carbons (Fsp3) is 0.318. The SMILES string of the molecule is O=C(CSc1nnc(-c2ccc(F)cc2)n1CC1CCCO1)NCc1nnc2ccccn12. The van der Waals surface area contributed by atoms with Crippen LogP contribution < -0.4 is 5.32 Å². The highest BCUT2D eigenvalue weighted by Crippen LogP contribution is 2.26. The normalized spacial score (nSPS) is 15.8. The van der Waals surface area contributed by atoms with Gasteiger partial charge in [0.15, 0.2) is 22.5 Å². The summed E-state index contributed by atoms with van der Waals surface area (Å²) < 4.78 is 23.0. The van der Waals surface area contributed by atoms with Gasteiger partial charge in [-0.2, -0.15) is 0 Å². The lowest BCUT2D eigenvalue weighted by Gasteiger charge is -2.14. The molecule has 1 saturated heterocycles. The van der Waals surface area contributed by atoms with Gasteiger partial charge in [-0.05, 0) is 49.2 Å². The third-order valence-electron chi connectivity index (χ3n) is 5.39. The Balaban J connectivity index is 1.27. The van der Waals surface area contributed by atoms with Gasteiger partial charge in [0.05, 0.1) is 24.9 Å². The molecule has 5 rings (SSSR count). The largest absolute Gasteiger partial charge is 0.376 e. The highest BCUT2D eigenvalue weighted by atomic mass is 32.2. The molecule has 0 saturated carbocycles. The molecular weight excluding hydrogens is 445 g/mol. The van der Waals surface area contributed by atoms with Gasteiger partial charge in [-0.15, -0.1) is 20.4 Å². The number of fused-ring (bicyclic) bond motifs is 1. The quantitative estimate of drug-likeness (QED) is 0.398. The molecule has 1 atom stereocenters. The van der Waals surface area contributed by atoms with E-state index in [1.54, 1.807) is 12.1 Å². The molecule has 1 aliphatic heterocycles. The third-order valence-corrected chi connectivity index (χ3v) is 6.36. The van der Waals surface area contributed by atoms with Crippen LogP contribution in [0.5, 0.6) is 0 Å². The van der Waals surface area contributed by atoms with Crippen molar-refractivity contribution in [2.45, 2.75) is 37.2 Å². The number of halogens is 1. The van der Waals surface area contributed by atoms with Crippen molar-refractivity contribution < 1.29 is 13.9 Å². The summed E-state index contributed by atoms with van der Waals surface area (Å²) in [5, 5.41) is 20.3. The van der Waals surface area contributed by atoms with Crippen molar-refractivity contribution in [3.63, 3.8) is 0 Å². The van der Waals surface area contributed by atoms with Crippen molar-refractivity contribution in [2.24, 2.45) is 0 Å². The number of carbonyl (C=O) groups is 1. The highest BCUT2D eigenvalue weighted by molar-refractivity contribution is 7.99. The van der Waals surface area contributed by atoms with E-state index in [-0.39, 0.29) is 30.1 Å². The van der Waals surface area contributed by atoms with E-state index in [1.165, 1.54) is 23.9 Å². The lowest BCUT2D eigenvalue weighted by Crippen LogP contribution is -2.26. The molecule has 11 heteroatoms. The minimum atomic E-state index is -0.310. The van der Waals surface area contributed by atoms with Gasteiger partial charge in [-0.3, -0.25) is 13.8 Å². The van der Waals surface area contributed by atoms with E-state index in [0.29, 0.717) is 23.4 Å². The minimum absolute atomic E-state index is 0.0644. The molecule has 170 valence electrons. The molecule has 33 heavy (non-hydrogen) atoms. The van der Waals surface area contributed by atoms with Crippen molar-refractivity contribution in [3.8, 4) is 11.4 Å². The van der Waals surface area contributed by atoms with Crippen LogP contribution in [0, 0.1) is 5.82 Å². The van der Waals surface area contributed by atoms with Crippen LogP contribution in [-0.2, 0) is 22.6 Å². The van der Waals surface area contributed by atoms with E-state index in [1.807, 2.05) is 33.4 Å². The predicted molar refractivity (Wildman–Crippen MR) is 120 cm³/mol. The first-order chi connectivity index (χ1) is 16.2. The van der Waals surface area contributed by atoms with Crippen molar-refractivity contribution in [1.82, 2.24) is 34.7 Å². The molecule has 0 radical (unpaired) electrons. The second kappa shape index (κ2) is 9.67. The zero-order valence-corrected chi connectivity index (χ0v) is 18.5. The van der Waals surface area contributed by atoms with E-state index < -0.39 is 0 Å². The molecule has 4 heterocycles. The first kappa shape index (κ1) is 21.5. The van der Waals surface area contributed by atoms with Crippen molar-refractivity contribution in [2.75, 3.05) is 12.4 Å². The first-order valence-electron chi connectivity index (χ1n) is 10.7. The van der Waals surface area contributed by atoms with Crippen molar-refractivity contribution in [3.05, 3.63) is 60.3 Å². The van der Waals surface area contributed by atoms with Crippen LogP contribution in [0.4, 0.5) is 4.39 Å². The lowest BCUT2D eigenvalue weighted by molar-refractivity contribution is -0.118. The maximum atomic E-state index is 13.4. The van der Waals surface area contributed by atoms with Gasteiger partial charge in [0, 0.05) is 18.4 Å². The summed E-state index contributed by atoms with van der Waals surface area (Å²) in [7, 11) is 0. The summed E-state index contributed by atoms with van der Waals surface area (Å²) in [6.07, 6.45) is 3.89. The van der Waals surface area contributed by atoms with Crippen LogP contribution in [0.1, 0.15) is 18.7 Å². The van der Waals surface area contributed by atoms with Gasteiger partial charge < -0.3 is 10.1 Å². The van der Waals surface area contributed by atoms with Crippen LogP contribution in [0.3, 0.4) is 0 Å². The number of nitrogens with zero attached hydrogens (tertiary/aromatic N) is 6. The number of pyridine rings is 1. The summed E-state index contributed by atoms with van der Waals surface area (Å²) in [6.45, 7) is 1.59. The second-order valence-electron chi connectivity index (χ2n) is 7.67. The number of hydrogen-bond acceptors (Lipinski definition) is 7. The van der Waals surface area contributed by atoms with Crippen LogP contribution in [-0.4, -0.2) is 53.7 Å². The van der Waals surface area contributed by atoms with Gasteiger partial charge in [0.2, 0.25) is 5.91 Å². The molecule has 1 unspecified atom stereocenters. The highest BCUT2D eigenvalue weighted by Gasteiger charge is 2.22. The average molecular weight is 468 g/mol. The molecule has 1 amide bonds. The Morgan fingerprint density at radius 1 is 1.15 bits per heavy atom. The van der Waals surface area contributed by atoms with E-state index in [9.17, 15) is 9.18 Å². The fourth-order valence-corrected chi connectivity index (χ4v) is 4.51. The van der Waals surface area contributed by atoms with Crippen LogP contribution >= 0.6 is 11.8 Å². The Bertz CT molecular complexity index is 1250. The Labute approximate surface area is 193 Å². The molecule has 4 aromatic rings. The van der Waals surface area contributed by atoms with Gasteiger partial charge in [0.25, 0.3) is 0 Å². The number of aromatic nitrogens is 6. The molecule has 3 aromatic heterocycles. The van der Waals surface area contributed by atoms with Crippen LogP contribution in [0.15, 0.2) is 53.8 Å². The summed E-state index contributed by atoms with van der Waals surface area (Å²) in [5.74, 6) is 0.995. The number of carbonyl (C=O) groups excluding carboxylic acids is 1. The maximum absolute atomic E-state index is 13.4. The fourth-order valence-electron chi connectivity index (χ4n) is 3.73. The predicted octanol–water partition coefficient (Wildman–Crippen LogP) is 2.71. The number of rotatable bonds is 8. The third kappa shape index (κ3) is 4.88. The molecule has 0 aliphatic carbocycles. The van der Waals surface area contributed by atoms with Crippen molar-refractivity contribution in [1.29, 1.82) is 0 Å². The number of benzene rings is 1. The van der Waals surface area contributed by atoms with Gasteiger partial charge in [-0.1, -0.05) is 17.8 Å². The number of ether oxygens (including phenoxy) is 1. The summed E-state index contributed by atoms with van der Waals surface area (Å²) in [6, 6.07) is 11.8. The van der Waals surface area contributed by atoms with Gasteiger partial charge in [0.1, 0.15) is 5.82 Å². The monoisotopic (exact) mass is 467 g/mol. The minimum Gasteiger partial charge on any atom is -0.376 e. The molecule has 0 bridgehead atoms. The topological polar surface area (TPSA) is 99.2 Å². The lowest BCUT2D eigenvalue weighted by atomic mass is 10.2. The van der Waals surface area contributed by atoms with Gasteiger partial charge >= 0.3 is 0 Å². The zero-order valence-electron chi connectivity index (χ0n) is 17.7. The Morgan fingerprint density at radius 2 is 2.03 bits per heavy atom. The number of thioether (sulfide) groups is 1. The van der Waals surface area contributed by atoms with Gasteiger partial charge in [-0.25, -0.2) is 4.39 Å². The summed E-state index contributed by atoms with van der Waals surface area (Å²) in [4.78, 5) is 12.5. The molecule has 1 N–H and O–H groups in total. The van der Waals surface area contributed by atoms with E-state index >= 15 is 0 Å². The summed E-state index contributed by atoms with van der Waals surface area (Å²) >= 11 is 1.30. The van der Waals surface area contributed by atoms with E-state index in [4.69, 9.17) is 4.74 Å². The Kier molecular flexibility index (Phi) is 6.31. The number of nitrogens with one attached hydrogen (secondary N) is 1. The zero-order chi connectivity index (χ0) is 22.6. The van der Waals surface area contributed by atoms with Crippen molar-refractivity contribution >= 4 is 23.3 Å². The van der Waals surface area contributed by atoms with Crippen LogP contribution in [0.25, 0.3) is 17.0 Å². The number of amides is 1. The molecule has 0 spiro atoms. The van der Waals surface area contributed by atoms with E-state index in [2.05, 4.69) is 25.7 Å². The van der Waals surface area contributed by atoms with E-state index in [0.717, 1.165) is 30.7 Å². The molecule has 1 fully saturated rings. The Hall–Kier alpha value is -3.31. The molecular formula is C22H22FN7O2S. The molecule has 1 aromatic carbocycles. The maximum Gasteiger partial charge on any atom is 0.230 e. The molecule has 1 aliphatic rings. The van der Waals surface area contributed by atoms with Crippen LogP contribution in [0.2, 0.25) is 0 Å². The average Bonchev–Trinajstić information content (AvgIpc) is 3.58. The number of hydrogen-bond donors (Lipinski definition) is 1.